The molecule has 0 spiro atoms. The van der Waals surface area contributed by atoms with Crippen LogP contribution in [0.4, 0.5) is 10.8 Å². The van der Waals surface area contributed by atoms with E-state index in [2.05, 4.69) is 36.2 Å². The van der Waals surface area contributed by atoms with Crippen molar-refractivity contribution in [2.75, 3.05) is 5.01 Å². The van der Waals surface area contributed by atoms with Crippen LogP contribution in [-0.2, 0) is 4.79 Å². The van der Waals surface area contributed by atoms with Crippen molar-refractivity contribution in [1.29, 1.82) is 0 Å². The highest BCUT2D eigenvalue weighted by Crippen LogP contribution is 2.31. The quantitative estimate of drug-likeness (QED) is 0.506. The Balaban J connectivity index is 1.56. The number of hydrogen-bond acceptors (Lipinski definition) is 7. The minimum Gasteiger partial charge on any atom is -0.478 e. The monoisotopic (exact) mass is 483 g/mol. The number of carbonyl (C=O) groups excluding carboxylic acids is 1. The summed E-state index contributed by atoms with van der Waals surface area (Å²) in [5.74, 6) is -1.50. The van der Waals surface area contributed by atoms with Gasteiger partial charge in [0.05, 0.1) is 22.7 Å². The van der Waals surface area contributed by atoms with Crippen molar-refractivity contribution in [3.63, 3.8) is 0 Å². The largest absolute Gasteiger partial charge is 0.478 e. The molecule has 0 bridgehead atoms. The SMILES string of the molecule is CC1=NN(c2nc(-c3ccc(Br)cc3)cs2)C(=O)C1N=Nc1ccccc1C(=O)O. The summed E-state index contributed by atoms with van der Waals surface area (Å²) in [6, 6.07) is 13.0. The van der Waals surface area contributed by atoms with Gasteiger partial charge in [0.2, 0.25) is 5.13 Å². The highest BCUT2D eigenvalue weighted by molar-refractivity contribution is 9.10. The van der Waals surface area contributed by atoms with E-state index in [0.29, 0.717) is 10.8 Å². The smallest absolute Gasteiger partial charge is 0.337 e. The highest BCUT2D eigenvalue weighted by Gasteiger charge is 2.36. The van der Waals surface area contributed by atoms with Crippen molar-refractivity contribution in [3.8, 4) is 11.3 Å². The van der Waals surface area contributed by atoms with E-state index < -0.39 is 12.0 Å². The zero-order valence-electron chi connectivity index (χ0n) is 15.6. The Bertz CT molecular complexity index is 1190. The minimum absolute atomic E-state index is 0.0113. The molecule has 0 fully saturated rings. The minimum atomic E-state index is -1.11. The molecule has 8 nitrogen and oxygen atoms in total. The van der Waals surface area contributed by atoms with Gasteiger partial charge in [-0.1, -0.05) is 40.2 Å². The number of anilines is 1. The summed E-state index contributed by atoms with van der Waals surface area (Å²) in [5, 5.41) is 25.1. The summed E-state index contributed by atoms with van der Waals surface area (Å²) < 4.78 is 0.967. The summed E-state index contributed by atoms with van der Waals surface area (Å²) in [6.45, 7) is 1.67. The van der Waals surface area contributed by atoms with Gasteiger partial charge in [0, 0.05) is 15.4 Å². The summed E-state index contributed by atoms with van der Waals surface area (Å²) in [7, 11) is 0. The third kappa shape index (κ3) is 3.91. The molecule has 0 saturated carbocycles. The van der Waals surface area contributed by atoms with E-state index >= 15 is 0 Å². The lowest BCUT2D eigenvalue weighted by Crippen LogP contribution is -2.29. The standard InChI is InChI=1S/C20H14BrN5O3S/c1-11-17(24-23-15-5-3-2-4-14(15)19(28)29)18(27)26(25-11)20-22-16(10-30-20)12-6-8-13(21)9-7-12/h2-10,17H,1H3,(H,28,29). The summed E-state index contributed by atoms with van der Waals surface area (Å²) >= 11 is 4.70. The number of carboxylic acid groups (broad SMARTS) is 1. The van der Waals surface area contributed by atoms with E-state index in [1.165, 1.54) is 28.5 Å². The van der Waals surface area contributed by atoms with Crippen LogP contribution in [0, 0.1) is 0 Å². The maximum Gasteiger partial charge on any atom is 0.337 e. The Morgan fingerprint density at radius 1 is 1.20 bits per heavy atom. The van der Waals surface area contributed by atoms with Crippen LogP contribution in [0.3, 0.4) is 0 Å². The predicted octanol–water partition coefficient (Wildman–Crippen LogP) is 5.15. The molecule has 1 aliphatic rings. The molecule has 150 valence electrons. The van der Waals surface area contributed by atoms with Gasteiger partial charge >= 0.3 is 5.97 Å². The Labute approximate surface area is 183 Å². The number of thiazole rings is 1. The molecule has 30 heavy (non-hydrogen) atoms. The molecule has 0 aliphatic carbocycles. The molecule has 1 N–H and O–H groups in total. The number of carbonyl (C=O) groups is 2. The lowest BCUT2D eigenvalue weighted by molar-refractivity contribution is -0.117. The number of benzene rings is 2. The normalized spacial score (nSPS) is 16.3. The molecule has 10 heteroatoms. The zero-order chi connectivity index (χ0) is 21.3. The molecule has 3 aromatic rings. The third-order valence-electron chi connectivity index (χ3n) is 4.32. The van der Waals surface area contributed by atoms with Gasteiger partial charge in [0.15, 0.2) is 6.04 Å². The molecule has 4 rings (SSSR count). The Hall–Kier alpha value is -3.24. The van der Waals surface area contributed by atoms with Crippen molar-refractivity contribution >= 4 is 55.7 Å². The molecule has 1 aromatic heterocycles. The first kappa shape index (κ1) is 20.0. The van der Waals surface area contributed by atoms with Crippen molar-refractivity contribution in [1.82, 2.24) is 4.98 Å². The van der Waals surface area contributed by atoms with Gasteiger partial charge in [-0.05, 0) is 31.2 Å². The fraction of sp³-hybridized carbons (Fsp3) is 0.100. The van der Waals surface area contributed by atoms with Crippen molar-refractivity contribution in [2.45, 2.75) is 13.0 Å². The summed E-state index contributed by atoms with van der Waals surface area (Å²) in [4.78, 5) is 28.7. The lowest BCUT2D eigenvalue weighted by Gasteiger charge is -2.08. The molecular weight excluding hydrogens is 470 g/mol. The van der Waals surface area contributed by atoms with E-state index in [1.807, 2.05) is 29.6 Å². The second-order valence-electron chi connectivity index (χ2n) is 6.35. The number of carboxylic acids is 1. The van der Waals surface area contributed by atoms with Crippen LogP contribution < -0.4 is 5.01 Å². The van der Waals surface area contributed by atoms with Gasteiger partial charge in [-0.2, -0.15) is 20.3 Å². The number of hydrogen-bond donors (Lipinski definition) is 1. The van der Waals surface area contributed by atoms with Gasteiger partial charge in [0.25, 0.3) is 5.91 Å². The summed E-state index contributed by atoms with van der Waals surface area (Å²) in [5.41, 5.74) is 2.31. The lowest BCUT2D eigenvalue weighted by atomic mass is 10.2. The maximum atomic E-state index is 12.8. The number of hydrazone groups is 1. The van der Waals surface area contributed by atoms with Gasteiger partial charge < -0.3 is 5.11 Å². The number of aromatic carboxylic acids is 1. The predicted molar refractivity (Wildman–Crippen MR) is 118 cm³/mol. The first-order chi connectivity index (χ1) is 14.4. The summed E-state index contributed by atoms with van der Waals surface area (Å²) in [6.07, 6.45) is 0. The Kier molecular flexibility index (Phi) is 5.51. The van der Waals surface area contributed by atoms with Crippen LogP contribution in [0.2, 0.25) is 0 Å². The number of amides is 1. The Morgan fingerprint density at radius 3 is 2.67 bits per heavy atom. The molecule has 0 radical (unpaired) electrons. The van der Waals surface area contributed by atoms with Crippen LogP contribution in [0.25, 0.3) is 11.3 Å². The van der Waals surface area contributed by atoms with E-state index in [0.717, 1.165) is 15.7 Å². The van der Waals surface area contributed by atoms with Crippen molar-refractivity contribution in [3.05, 3.63) is 63.9 Å². The average molecular weight is 484 g/mol. The average Bonchev–Trinajstić information content (AvgIpc) is 3.32. The van der Waals surface area contributed by atoms with Gasteiger partial charge in [-0.3, -0.25) is 4.79 Å². The van der Waals surface area contributed by atoms with E-state index in [1.54, 1.807) is 19.1 Å². The van der Waals surface area contributed by atoms with Gasteiger partial charge in [-0.15, -0.1) is 11.3 Å². The fourth-order valence-corrected chi connectivity index (χ4v) is 3.85. The number of aromatic nitrogens is 1. The third-order valence-corrected chi connectivity index (χ3v) is 5.67. The molecule has 1 aliphatic heterocycles. The van der Waals surface area contributed by atoms with Crippen LogP contribution >= 0.6 is 27.3 Å². The zero-order valence-corrected chi connectivity index (χ0v) is 18.0. The van der Waals surface area contributed by atoms with Crippen molar-refractivity contribution in [2.24, 2.45) is 15.3 Å². The molecule has 1 amide bonds. The molecule has 1 unspecified atom stereocenters. The highest BCUT2D eigenvalue weighted by atomic mass is 79.9. The second kappa shape index (κ2) is 8.25. The molecule has 2 heterocycles. The number of azo groups is 1. The van der Waals surface area contributed by atoms with Gasteiger partial charge in [0.1, 0.15) is 0 Å². The number of nitrogens with zero attached hydrogens (tertiary/aromatic N) is 5. The van der Waals surface area contributed by atoms with Crippen LogP contribution in [0.1, 0.15) is 17.3 Å². The molecular formula is C20H14BrN5O3S. The molecule has 2 aromatic carbocycles. The number of halogens is 1. The van der Waals surface area contributed by atoms with E-state index in [-0.39, 0.29) is 17.2 Å². The number of rotatable bonds is 5. The van der Waals surface area contributed by atoms with Crippen molar-refractivity contribution < 1.29 is 14.7 Å². The Morgan fingerprint density at radius 2 is 1.93 bits per heavy atom. The van der Waals surface area contributed by atoms with Gasteiger partial charge in [-0.25, -0.2) is 9.78 Å². The maximum absolute atomic E-state index is 12.8. The van der Waals surface area contributed by atoms with Crippen LogP contribution in [-0.4, -0.2) is 33.7 Å². The van der Waals surface area contributed by atoms with E-state index in [9.17, 15) is 14.7 Å². The second-order valence-corrected chi connectivity index (χ2v) is 8.11. The molecule has 1 atom stereocenters. The van der Waals surface area contributed by atoms with Crippen LogP contribution in [0.5, 0.6) is 0 Å². The first-order valence-corrected chi connectivity index (χ1v) is 10.4. The van der Waals surface area contributed by atoms with Crippen LogP contribution in [0.15, 0.2) is 73.7 Å². The molecule has 0 saturated heterocycles. The fourth-order valence-electron chi connectivity index (χ4n) is 2.80. The van der Waals surface area contributed by atoms with E-state index in [4.69, 9.17) is 0 Å². The topological polar surface area (TPSA) is 108 Å². The first-order valence-electron chi connectivity index (χ1n) is 8.78.